The highest BCUT2D eigenvalue weighted by atomic mass is 127. The van der Waals surface area contributed by atoms with E-state index in [9.17, 15) is 0 Å². The zero-order valence-electron chi connectivity index (χ0n) is 12.4. The van der Waals surface area contributed by atoms with Crippen LogP contribution < -0.4 is 10.6 Å². The summed E-state index contributed by atoms with van der Waals surface area (Å²) in [6, 6.07) is 10.8. The lowest BCUT2D eigenvalue weighted by molar-refractivity contribution is 0.795. The molecule has 0 amide bonds. The minimum absolute atomic E-state index is 0. The summed E-state index contributed by atoms with van der Waals surface area (Å²) in [5.74, 6) is 0.850. The molecule has 21 heavy (non-hydrogen) atoms. The van der Waals surface area contributed by atoms with Gasteiger partial charge in [-0.05, 0) is 41.3 Å². The lowest BCUT2D eigenvalue weighted by Gasteiger charge is -2.11. The number of hydrogen-bond acceptors (Lipinski definition) is 2. The third kappa shape index (κ3) is 6.48. The van der Waals surface area contributed by atoms with Crippen molar-refractivity contribution in [1.82, 2.24) is 10.6 Å². The van der Waals surface area contributed by atoms with E-state index in [2.05, 4.69) is 63.6 Å². The van der Waals surface area contributed by atoms with Gasteiger partial charge in [-0.25, -0.2) is 0 Å². The van der Waals surface area contributed by atoms with Gasteiger partial charge in [0.05, 0.1) is 0 Å². The van der Waals surface area contributed by atoms with Crippen LogP contribution in [-0.4, -0.2) is 19.6 Å². The highest BCUT2D eigenvalue weighted by molar-refractivity contribution is 14.0. The maximum atomic E-state index is 4.23. The molecule has 0 bridgehead atoms. The van der Waals surface area contributed by atoms with Crippen molar-refractivity contribution < 1.29 is 0 Å². The molecule has 0 saturated heterocycles. The number of hydrogen-bond donors (Lipinski definition) is 2. The summed E-state index contributed by atoms with van der Waals surface area (Å²) < 4.78 is 0. The van der Waals surface area contributed by atoms with Crippen molar-refractivity contribution in [1.29, 1.82) is 0 Å². The number of nitrogens with one attached hydrogen (secondary N) is 2. The number of rotatable bonds is 5. The molecule has 1 aromatic carbocycles. The van der Waals surface area contributed by atoms with Crippen LogP contribution in [0.25, 0.3) is 0 Å². The molecular formula is C16H22IN3S. The van der Waals surface area contributed by atoms with Crippen molar-refractivity contribution in [3.63, 3.8) is 0 Å². The number of thiophene rings is 1. The predicted octanol–water partition coefficient (Wildman–Crippen LogP) is 3.58. The van der Waals surface area contributed by atoms with Crippen LogP contribution in [0.3, 0.4) is 0 Å². The molecule has 2 rings (SSSR count). The van der Waals surface area contributed by atoms with Gasteiger partial charge in [-0.1, -0.05) is 29.8 Å². The molecule has 2 aromatic rings. The Balaban J connectivity index is 0.00000220. The van der Waals surface area contributed by atoms with Gasteiger partial charge in [-0.15, -0.1) is 24.0 Å². The molecule has 0 aliphatic carbocycles. The van der Waals surface area contributed by atoms with Crippen LogP contribution in [-0.2, 0) is 13.0 Å². The predicted molar refractivity (Wildman–Crippen MR) is 103 cm³/mol. The largest absolute Gasteiger partial charge is 0.356 e. The first-order valence-electron chi connectivity index (χ1n) is 6.79. The van der Waals surface area contributed by atoms with E-state index in [1.807, 2.05) is 0 Å². The second-order valence-corrected chi connectivity index (χ2v) is 5.50. The molecule has 1 aromatic heterocycles. The number of aliphatic imine (C=N–C) groups is 1. The van der Waals surface area contributed by atoms with Crippen molar-refractivity contribution >= 4 is 41.3 Å². The van der Waals surface area contributed by atoms with Gasteiger partial charge in [0.1, 0.15) is 0 Å². The molecule has 114 valence electrons. The number of benzene rings is 1. The Bertz CT molecular complexity index is 535. The monoisotopic (exact) mass is 415 g/mol. The molecule has 0 atom stereocenters. The SMILES string of the molecule is CN=C(NCCc1ccc(C)cc1)NCc1ccsc1.I. The normalized spacial score (nSPS) is 10.9. The molecule has 0 fully saturated rings. The first kappa shape index (κ1) is 18.0. The Morgan fingerprint density at radius 3 is 2.48 bits per heavy atom. The Morgan fingerprint density at radius 2 is 1.86 bits per heavy atom. The third-order valence-electron chi connectivity index (χ3n) is 3.09. The lowest BCUT2D eigenvalue weighted by atomic mass is 10.1. The van der Waals surface area contributed by atoms with E-state index in [1.165, 1.54) is 16.7 Å². The second kappa shape index (κ2) is 9.78. The van der Waals surface area contributed by atoms with Crippen LogP contribution in [0.2, 0.25) is 0 Å². The van der Waals surface area contributed by atoms with Crippen LogP contribution in [0.1, 0.15) is 16.7 Å². The average Bonchev–Trinajstić information content (AvgIpc) is 2.98. The first-order chi connectivity index (χ1) is 9.78. The van der Waals surface area contributed by atoms with E-state index in [-0.39, 0.29) is 24.0 Å². The summed E-state index contributed by atoms with van der Waals surface area (Å²) in [4.78, 5) is 4.23. The summed E-state index contributed by atoms with van der Waals surface area (Å²) in [5, 5.41) is 10.9. The third-order valence-corrected chi connectivity index (χ3v) is 3.82. The van der Waals surface area contributed by atoms with Crippen LogP contribution in [0.15, 0.2) is 46.1 Å². The zero-order chi connectivity index (χ0) is 14.2. The second-order valence-electron chi connectivity index (χ2n) is 4.72. The van der Waals surface area contributed by atoms with E-state index in [4.69, 9.17) is 0 Å². The summed E-state index contributed by atoms with van der Waals surface area (Å²) in [7, 11) is 1.80. The number of nitrogens with zero attached hydrogens (tertiary/aromatic N) is 1. The van der Waals surface area contributed by atoms with Crippen molar-refractivity contribution in [2.45, 2.75) is 19.9 Å². The Hall–Kier alpha value is -1.08. The molecule has 5 heteroatoms. The van der Waals surface area contributed by atoms with Gasteiger partial charge in [-0.3, -0.25) is 4.99 Å². The molecular weight excluding hydrogens is 393 g/mol. The number of halogens is 1. The molecule has 3 nitrogen and oxygen atoms in total. The number of guanidine groups is 1. The summed E-state index contributed by atoms with van der Waals surface area (Å²) in [5.41, 5.74) is 3.93. The average molecular weight is 415 g/mol. The highest BCUT2D eigenvalue weighted by Crippen LogP contribution is 2.05. The Labute approximate surface area is 147 Å². The fraction of sp³-hybridized carbons (Fsp3) is 0.312. The van der Waals surface area contributed by atoms with Gasteiger partial charge in [0.2, 0.25) is 0 Å². The zero-order valence-corrected chi connectivity index (χ0v) is 15.6. The van der Waals surface area contributed by atoms with Gasteiger partial charge < -0.3 is 10.6 Å². The minimum atomic E-state index is 0. The molecule has 2 N–H and O–H groups in total. The molecule has 0 aliphatic rings. The van der Waals surface area contributed by atoms with Crippen LogP contribution in [0, 0.1) is 6.92 Å². The minimum Gasteiger partial charge on any atom is -0.356 e. The Kier molecular flexibility index (Phi) is 8.37. The van der Waals surface area contributed by atoms with Gasteiger partial charge in [0, 0.05) is 20.1 Å². The van der Waals surface area contributed by atoms with Crippen LogP contribution in [0.4, 0.5) is 0 Å². The molecule has 0 spiro atoms. The number of aryl methyl sites for hydroxylation is 1. The quantitative estimate of drug-likeness (QED) is 0.445. The highest BCUT2D eigenvalue weighted by Gasteiger charge is 1.99. The van der Waals surface area contributed by atoms with Crippen LogP contribution >= 0.6 is 35.3 Å². The van der Waals surface area contributed by atoms with Crippen LogP contribution in [0.5, 0.6) is 0 Å². The molecule has 1 heterocycles. The first-order valence-corrected chi connectivity index (χ1v) is 7.73. The van der Waals surface area contributed by atoms with E-state index in [1.54, 1.807) is 18.4 Å². The van der Waals surface area contributed by atoms with Gasteiger partial charge >= 0.3 is 0 Å². The molecule has 0 saturated carbocycles. The molecule has 0 aliphatic heterocycles. The standard InChI is InChI=1S/C16H21N3S.HI/c1-13-3-5-14(6-4-13)7-9-18-16(17-2)19-11-15-8-10-20-12-15;/h3-6,8,10,12H,7,9,11H2,1-2H3,(H2,17,18,19);1H. The smallest absolute Gasteiger partial charge is 0.191 e. The van der Waals surface area contributed by atoms with Gasteiger partial charge in [0.25, 0.3) is 0 Å². The maximum Gasteiger partial charge on any atom is 0.191 e. The van der Waals surface area contributed by atoms with E-state index < -0.39 is 0 Å². The molecule has 0 radical (unpaired) electrons. The van der Waals surface area contributed by atoms with Crippen molar-refractivity contribution in [3.8, 4) is 0 Å². The van der Waals surface area contributed by atoms with E-state index in [0.717, 1.165) is 25.5 Å². The fourth-order valence-corrected chi connectivity index (χ4v) is 2.55. The summed E-state index contributed by atoms with van der Waals surface area (Å²) >= 11 is 1.71. The topological polar surface area (TPSA) is 36.4 Å². The van der Waals surface area contributed by atoms with E-state index in [0.29, 0.717) is 0 Å². The summed E-state index contributed by atoms with van der Waals surface area (Å²) in [6.45, 7) is 3.80. The lowest BCUT2D eigenvalue weighted by Crippen LogP contribution is -2.37. The Morgan fingerprint density at radius 1 is 1.10 bits per heavy atom. The van der Waals surface area contributed by atoms with Crippen molar-refractivity contribution in [2.75, 3.05) is 13.6 Å². The van der Waals surface area contributed by atoms with E-state index >= 15 is 0 Å². The van der Waals surface area contributed by atoms with Crippen molar-refractivity contribution in [3.05, 3.63) is 57.8 Å². The summed E-state index contributed by atoms with van der Waals surface area (Å²) in [6.07, 6.45) is 0.999. The molecule has 0 unspecified atom stereocenters. The fourth-order valence-electron chi connectivity index (χ4n) is 1.88. The van der Waals surface area contributed by atoms with Gasteiger partial charge in [0.15, 0.2) is 5.96 Å². The van der Waals surface area contributed by atoms with Gasteiger partial charge in [-0.2, -0.15) is 11.3 Å². The maximum absolute atomic E-state index is 4.23. The van der Waals surface area contributed by atoms with Crippen molar-refractivity contribution in [2.24, 2.45) is 4.99 Å².